The molecule has 1 fully saturated rings. The van der Waals surface area contributed by atoms with Gasteiger partial charge in [0.15, 0.2) is 5.82 Å². The first-order chi connectivity index (χ1) is 11.6. The predicted molar refractivity (Wildman–Crippen MR) is 87.3 cm³/mol. The number of ether oxygens (including phenoxy) is 1. The van der Waals surface area contributed by atoms with E-state index in [-0.39, 0.29) is 24.6 Å². The van der Waals surface area contributed by atoms with Crippen molar-refractivity contribution in [2.45, 2.75) is 38.1 Å². The minimum absolute atomic E-state index is 0.0661. The summed E-state index contributed by atoms with van der Waals surface area (Å²) in [7, 11) is 0. The van der Waals surface area contributed by atoms with Crippen molar-refractivity contribution in [2.24, 2.45) is 0 Å². The van der Waals surface area contributed by atoms with E-state index in [0.717, 1.165) is 19.3 Å². The molecule has 0 aliphatic heterocycles. The number of fused-ring (bicyclic) bond motifs is 1. The van der Waals surface area contributed by atoms with Gasteiger partial charge in [-0.05, 0) is 31.4 Å². The number of aromatic nitrogens is 2. The van der Waals surface area contributed by atoms with Crippen LogP contribution >= 0.6 is 0 Å². The summed E-state index contributed by atoms with van der Waals surface area (Å²) in [6.07, 6.45) is 3.00. The Hall–Kier alpha value is -2.46. The third-order valence-corrected chi connectivity index (χ3v) is 4.22. The Morgan fingerprint density at radius 1 is 1.42 bits per heavy atom. The maximum atomic E-state index is 14.5. The largest absolute Gasteiger partial charge is 0.475 e. The van der Waals surface area contributed by atoms with Gasteiger partial charge in [-0.3, -0.25) is 0 Å². The topological polar surface area (TPSA) is 91.1 Å². The number of nitrogens with one attached hydrogen (secondary N) is 1. The second kappa shape index (κ2) is 6.57. The van der Waals surface area contributed by atoms with E-state index in [1.165, 1.54) is 6.07 Å². The average Bonchev–Trinajstić information content (AvgIpc) is 2.56. The van der Waals surface area contributed by atoms with E-state index < -0.39 is 11.4 Å². The third-order valence-electron chi connectivity index (χ3n) is 4.22. The normalized spacial score (nSPS) is 15.6. The minimum atomic E-state index is -0.629. The molecule has 1 aromatic carbocycles. The molecular formula is C17H19FN4O2. The lowest BCUT2D eigenvalue weighted by Gasteiger charge is -2.36. The number of aliphatic hydroxyl groups is 1. The number of halogens is 1. The van der Waals surface area contributed by atoms with Gasteiger partial charge in [-0.2, -0.15) is 10.2 Å². The Morgan fingerprint density at radius 2 is 2.21 bits per heavy atom. The summed E-state index contributed by atoms with van der Waals surface area (Å²) in [6, 6.07) is 5.31. The van der Waals surface area contributed by atoms with Crippen LogP contribution in [0.3, 0.4) is 0 Å². The summed E-state index contributed by atoms with van der Waals surface area (Å²) in [6.45, 7) is 1.78. The molecular weight excluding hydrogens is 311 g/mol. The van der Waals surface area contributed by atoms with Crippen LogP contribution in [0.4, 0.5) is 10.1 Å². The Labute approximate surface area is 139 Å². The van der Waals surface area contributed by atoms with Gasteiger partial charge in [-0.15, -0.1) is 0 Å². The van der Waals surface area contributed by atoms with E-state index in [4.69, 9.17) is 9.84 Å². The SMILES string of the molecule is CCc1nc(OCCO)c2cc(NC3(C#N)CCC3)cc(F)c2n1. The number of anilines is 1. The number of nitriles is 1. The van der Waals surface area contributed by atoms with Crippen molar-refractivity contribution in [1.29, 1.82) is 5.26 Å². The number of hydrogen-bond donors (Lipinski definition) is 2. The first kappa shape index (κ1) is 16.4. The van der Waals surface area contributed by atoms with Gasteiger partial charge in [0.2, 0.25) is 5.88 Å². The number of benzene rings is 1. The van der Waals surface area contributed by atoms with Crippen LogP contribution in [0.2, 0.25) is 0 Å². The molecule has 2 aromatic rings. The number of hydrogen-bond acceptors (Lipinski definition) is 6. The molecule has 2 N–H and O–H groups in total. The van der Waals surface area contributed by atoms with Crippen molar-refractivity contribution in [1.82, 2.24) is 9.97 Å². The van der Waals surface area contributed by atoms with Crippen molar-refractivity contribution in [3.63, 3.8) is 0 Å². The molecule has 0 amide bonds. The van der Waals surface area contributed by atoms with Gasteiger partial charge in [0.1, 0.15) is 23.5 Å². The molecule has 0 bridgehead atoms. The summed E-state index contributed by atoms with van der Waals surface area (Å²) >= 11 is 0. The van der Waals surface area contributed by atoms with Crippen LogP contribution in [0.1, 0.15) is 32.0 Å². The molecule has 6 nitrogen and oxygen atoms in total. The molecule has 0 atom stereocenters. The standard InChI is InChI=1S/C17H19FN4O2/c1-2-14-20-15-12(16(21-14)24-7-6-23)8-11(9-13(15)18)22-17(10-19)4-3-5-17/h8-9,22-23H,2-7H2,1H3. The molecule has 0 radical (unpaired) electrons. The lowest BCUT2D eigenvalue weighted by Crippen LogP contribution is -2.43. The highest BCUT2D eigenvalue weighted by Crippen LogP contribution is 2.36. The van der Waals surface area contributed by atoms with Crippen LogP contribution in [0.5, 0.6) is 5.88 Å². The molecule has 1 aliphatic carbocycles. The molecule has 1 saturated carbocycles. The highest BCUT2D eigenvalue weighted by molar-refractivity contribution is 5.87. The summed E-state index contributed by atoms with van der Waals surface area (Å²) in [4.78, 5) is 8.52. The molecule has 7 heteroatoms. The lowest BCUT2D eigenvalue weighted by molar-refractivity contribution is 0.198. The second-order valence-corrected chi connectivity index (χ2v) is 5.90. The van der Waals surface area contributed by atoms with Gasteiger partial charge in [0, 0.05) is 12.1 Å². The first-order valence-corrected chi connectivity index (χ1v) is 8.04. The molecule has 1 aliphatic rings. The third kappa shape index (κ3) is 2.97. The monoisotopic (exact) mass is 330 g/mol. The lowest BCUT2D eigenvalue weighted by atomic mass is 9.78. The van der Waals surface area contributed by atoms with Gasteiger partial charge in [-0.1, -0.05) is 6.92 Å². The summed E-state index contributed by atoms with van der Waals surface area (Å²) in [5.41, 5.74) is 0.0547. The van der Waals surface area contributed by atoms with E-state index in [2.05, 4.69) is 21.4 Å². The van der Waals surface area contributed by atoms with E-state index in [1.54, 1.807) is 6.07 Å². The Kier molecular flexibility index (Phi) is 4.49. The van der Waals surface area contributed by atoms with Crippen LogP contribution in [-0.4, -0.2) is 33.8 Å². The summed E-state index contributed by atoms with van der Waals surface area (Å²) in [5, 5.41) is 21.9. The molecule has 1 aromatic heterocycles. The van der Waals surface area contributed by atoms with E-state index in [0.29, 0.717) is 23.3 Å². The zero-order valence-corrected chi connectivity index (χ0v) is 13.5. The fourth-order valence-corrected chi connectivity index (χ4v) is 2.76. The van der Waals surface area contributed by atoms with Gasteiger partial charge >= 0.3 is 0 Å². The van der Waals surface area contributed by atoms with E-state index in [9.17, 15) is 9.65 Å². The molecule has 3 rings (SSSR count). The molecule has 126 valence electrons. The highest BCUT2D eigenvalue weighted by atomic mass is 19.1. The van der Waals surface area contributed by atoms with Crippen molar-refractivity contribution in [3.05, 3.63) is 23.8 Å². The number of nitrogens with zero attached hydrogens (tertiary/aromatic N) is 3. The smallest absolute Gasteiger partial charge is 0.224 e. The van der Waals surface area contributed by atoms with Crippen LogP contribution in [0.15, 0.2) is 12.1 Å². The zero-order chi connectivity index (χ0) is 17.2. The van der Waals surface area contributed by atoms with Crippen LogP contribution < -0.4 is 10.1 Å². The minimum Gasteiger partial charge on any atom is -0.475 e. The Bertz CT molecular complexity index is 799. The number of aliphatic hydroxyl groups excluding tert-OH is 1. The quantitative estimate of drug-likeness (QED) is 0.846. The van der Waals surface area contributed by atoms with Crippen molar-refractivity contribution in [2.75, 3.05) is 18.5 Å². The number of rotatable bonds is 6. The molecule has 1 heterocycles. The summed E-state index contributed by atoms with van der Waals surface area (Å²) in [5.74, 6) is 0.226. The molecule has 24 heavy (non-hydrogen) atoms. The maximum absolute atomic E-state index is 14.5. The Morgan fingerprint density at radius 3 is 2.79 bits per heavy atom. The van der Waals surface area contributed by atoms with Gasteiger partial charge in [0.05, 0.1) is 18.1 Å². The van der Waals surface area contributed by atoms with Crippen molar-refractivity contribution >= 4 is 16.6 Å². The van der Waals surface area contributed by atoms with Gasteiger partial charge in [0.25, 0.3) is 0 Å². The fourth-order valence-electron chi connectivity index (χ4n) is 2.76. The van der Waals surface area contributed by atoms with Crippen LogP contribution in [0.25, 0.3) is 10.9 Å². The average molecular weight is 330 g/mol. The van der Waals surface area contributed by atoms with Gasteiger partial charge in [-0.25, -0.2) is 9.37 Å². The molecule has 0 spiro atoms. The zero-order valence-electron chi connectivity index (χ0n) is 13.5. The molecule has 0 unspecified atom stereocenters. The number of aryl methyl sites for hydroxylation is 1. The fraction of sp³-hybridized carbons (Fsp3) is 0.471. The predicted octanol–water partition coefficient (Wildman–Crippen LogP) is 2.56. The van der Waals surface area contributed by atoms with E-state index in [1.807, 2.05) is 6.92 Å². The second-order valence-electron chi connectivity index (χ2n) is 5.90. The highest BCUT2D eigenvalue weighted by Gasteiger charge is 2.37. The van der Waals surface area contributed by atoms with Crippen LogP contribution in [-0.2, 0) is 6.42 Å². The summed E-state index contributed by atoms with van der Waals surface area (Å²) < 4.78 is 20.0. The Balaban J connectivity index is 2.06. The van der Waals surface area contributed by atoms with Gasteiger partial charge < -0.3 is 15.2 Å². The molecule has 0 saturated heterocycles. The van der Waals surface area contributed by atoms with E-state index >= 15 is 0 Å². The van der Waals surface area contributed by atoms with Crippen molar-refractivity contribution in [3.8, 4) is 11.9 Å². The maximum Gasteiger partial charge on any atom is 0.224 e. The van der Waals surface area contributed by atoms with Crippen LogP contribution in [0, 0.1) is 17.1 Å². The first-order valence-electron chi connectivity index (χ1n) is 8.04. The van der Waals surface area contributed by atoms with Crippen molar-refractivity contribution < 1.29 is 14.2 Å².